The molecule has 2 aliphatic rings. The first-order valence-corrected chi connectivity index (χ1v) is 11.3. The molecule has 32 heavy (non-hydrogen) atoms. The van der Waals surface area contributed by atoms with Gasteiger partial charge in [-0.2, -0.15) is 5.01 Å². The zero-order chi connectivity index (χ0) is 22.7. The summed E-state index contributed by atoms with van der Waals surface area (Å²) in [6, 6.07) is 6.70. The molecular weight excluding hydrogens is 434 g/mol. The van der Waals surface area contributed by atoms with Gasteiger partial charge in [0.25, 0.3) is 11.8 Å². The minimum absolute atomic E-state index is 0.0648. The number of ether oxygens (including phenoxy) is 1. The van der Waals surface area contributed by atoms with Gasteiger partial charge >= 0.3 is 12.0 Å². The van der Waals surface area contributed by atoms with E-state index in [-0.39, 0.29) is 5.75 Å². The summed E-state index contributed by atoms with van der Waals surface area (Å²) >= 11 is 1.13. The molecule has 1 aromatic carbocycles. The van der Waals surface area contributed by atoms with Gasteiger partial charge in [-0.25, -0.2) is 9.78 Å². The fourth-order valence-corrected chi connectivity index (χ4v) is 4.44. The van der Waals surface area contributed by atoms with E-state index in [1.807, 2.05) is 24.3 Å². The molecular formula is C21H23N5O5S. The minimum atomic E-state index is -0.953. The van der Waals surface area contributed by atoms with Gasteiger partial charge in [-0.05, 0) is 43.7 Å². The van der Waals surface area contributed by atoms with Gasteiger partial charge in [0.2, 0.25) is 0 Å². The van der Waals surface area contributed by atoms with Crippen molar-refractivity contribution in [2.45, 2.75) is 43.2 Å². The van der Waals surface area contributed by atoms with Crippen LogP contribution in [0, 0.1) is 5.92 Å². The number of esters is 1. The van der Waals surface area contributed by atoms with Crippen LogP contribution in [-0.4, -0.2) is 56.7 Å². The molecule has 1 aliphatic heterocycles. The molecule has 0 unspecified atom stereocenters. The molecule has 0 atom stereocenters. The van der Waals surface area contributed by atoms with E-state index in [2.05, 4.69) is 27.6 Å². The number of hydrogen-bond donors (Lipinski definition) is 2. The number of carbonyl (C=O) groups is 4. The van der Waals surface area contributed by atoms with Crippen LogP contribution in [0.5, 0.6) is 0 Å². The van der Waals surface area contributed by atoms with Crippen LogP contribution in [0.3, 0.4) is 0 Å². The number of rotatable bonds is 6. The van der Waals surface area contributed by atoms with Crippen LogP contribution in [0.25, 0.3) is 11.0 Å². The van der Waals surface area contributed by atoms with Crippen LogP contribution in [0.4, 0.5) is 4.79 Å². The first-order valence-electron chi connectivity index (χ1n) is 10.3. The SMILES string of the molecule is CC1CCC2(CC1)NC(=O)N(NC(=O)COC(=O)CSc1cnc3ccccc3n1)C2=O. The smallest absolute Gasteiger partial charge is 0.344 e. The third kappa shape index (κ3) is 4.67. The molecule has 1 aliphatic carbocycles. The number of imide groups is 1. The lowest BCUT2D eigenvalue weighted by atomic mass is 9.77. The third-order valence-electron chi connectivity index (χ3n) is 5.65. The number of nitrogens with zero attached hydrogens (tertiary/aromatic N) is 3. The Kier molecular flexibility index (Phi) is 6.26. The quantitative estimate of drug-likeness (QED) is 0.381. The molecule has 0 bridgehead atoms. The van der Waals surface area contributed by atoms with Crippen molar-refractivity contribution >= 4 is 46.6 Å². The molecule has 1 aromatic heterocycles. The summed E-state index contributed by atoms with van der Waals surface area (Å²) in [5.74, 6) is -1.44. The number of amides is 4. The van der Waals surface area contributed by atoms with Crippen molar-refractivity contribution in [3.05, 3.63) is 30.5 Å². The number of carbonyl (C=O) groups excluding carboxylic acids is 4. The first-order chi connectivity index (χ1) is 15.4. The van der Waals surface area contributed by atoms with Crippen LogP contribution in [-0.2, 0) is 19.1 Å². The molecule has 4 amide bonds. The Morgan fingerprint density at radius 3 is 2.72 bits per heavy atom. The van der Waals surface area contributed by atoms with Gasteiger partial charge < -0.3 is 10.1 Å². The minimum Gasteiger partial charge on any atom is -0.455 e. The van der Waals surface area contributed by atoms with Crippen molar-refractivity contribution in [2.24, 2.45) is 5.92 Å². The molecule has 1 saturated carbocycles. The van der Waals surface area contributed by atoms with Crippen molar-refractivity contribution in [1.82, 2.24) is 25.7 Å². The van der Waals surface area contributed by atoms with Crippen molar-refractivity contribution in [3.63, 3.8) is 0 Å². The van der Waals surface area contributed by atoms with Gasteiger partial charge in [-0.15, -0.1) is 0 Å². The zero-order valence-electron chi connectivity index (χ0n) is 17.5. The monoisotopic (exact) mass is 457 g/mol. The van der Waals surface area contributed by atoms with Gasteiger partial charge in [0.15, 0.2) is 6.61 Å². The highest BCUT2D eigenvalue weighted by Gasteiger charge is 2.52. The molecule has 2 N–H and O–H groups in total. The van der Waals surface area contributed by atoms with Crippen molar-refractivity contribution in [1.29, 1.82) is 0 Å². The molecule has 2 aromatic rings. The number of hydrogen-bond acceptors (Lipinski definition) is 8. The van der Waals surface area contributed by atoms with Crippen LogP contribution >= 0.6 is 11.8 Å². The van der Waals surface area contributed by atoms with Crippen molar-refractivity contribution < 1.29 is 23.9 Å². The van der Waals surface area contributed by atoms with Crippen LogP contribution in [0.15, 0.2) is 35.5 Å². The van der Waals surface area contributed by atoms with E-state index in [1.165, 1.54) is 0 Å². The Hall–Kier alpha value is -3.21. The number of hydrazine groups is 1. The molecule has 0 radical (unpaired) electrons. The molecule has 1 saturated heterocycles. The topological polar surface area (TPSA) is 131 Å². The lowest BCUT2D eigenvalue weighted by Crippen LogP contribution is -2.52. The largest absolute Gasteiger partial charge is 0.455 e. The lowest BCUT2D eigenvalue weighted by molar-refractivity contribution is -0.148. The van der Waals surface area contributed by atoms with E-state index < -0.39 is 36.0 Å². The summed E-state index contributed by atoms with van der Waals surface area (Å²) in [4.78, 5) is 57.8. The number of benzene rings is 1. The highest BCUT2D eigenvalue weighted by molar-refractivity contribution is 7.99. The summed E-state index contributed by atoms with van der Waals surface area (Å²) in [5, 5.41) is 3.95. The maximum absolute atomic E-state index is 12.7. The Morgan fingerprint density at radius 2 is 1.97 bits per heavy atom. The van der Waals surface area contributed by atoms with Gasteiger partial charge in [0.05, 0.1) is 23.0 Å². The van der Waals surface area contributed by atoms with E-state index in [4.69, 9.17) is 4.74 Å². The third-order valence-corrected chi connectivity index (χ3v) is 6.53. The fraction of sp³-hybridized carbons (Fsp3) is 0.429. The predicted octanol–water partition coefficient (Wildman–Crippen LogP) is 1.80. The first kappa shape index (κ1) is 22.0. The second-order valence-corrected chi connectivity index (χ2v) is 9.01. The van der Waals surface area contributed by atoms with Gasteiger partial charge in [-0.1, -0.05) is 30.8 Å². The van der Waals surface area contributed by atoms with Gasteiger partial charge in [-0.3, -0.25) is 24.8 Å². The maximum Gasteiger partial charge on any atom is 0.344 e. The maximum atomic E-state index is 12.7. The fourth-order valence-electron chi connectivity index (χ4n) is 3.80. The standard InChI is InChI=1S/C21H23N5O5S/c1-13-6-8-21(9-7-13)19(29)26(20(30)24-21)25-16(27)11-31-18(28)12-32-17-10-22-14-4-2-3-5-15(14)23-17/h2-5,10,13H,6-9,11-12H2,1H3,(H,24,30)(H,25,27). The predicted molar refractivity (Wildman–Crippen MR) is 115 cm³/mol. The van der Waals surface area contributed by atoms with E-state index in [0.717, 1.165) is 30.1 Å². The Labute approximate surface area is 188 Å². The Morgan fingerprint density at radius 1 is 1.25 bits per heavy atom. The summed E-state index contributed by atoms with van der Waals surface area (Å²) in [7, 11) is 0. The van der Waals surface area contributed by atoms with Crippen molar-refractivity contribution in [2.75, 3.05) is 12.4 Å². The normalized spacial score (nSPS) is 22.8. The second kappa shape index (κ2) is 9.11. The second-order valence-electron chi connectivity index (χ2n) is 8.02. The number of fused-ring (bicyclic) bond motifs is 1. The van der Waals surface area contributed by atoms with Crippen molar-refractivity contribution in [3.8, 4) is 0 Å². The van der Waals surface area contributed by atoms with E-state index in [1.54, 1.807) is 6.20 Å². The number of nitrogens with one attached hydrogen (secondary N) is 2. The number of urea groups is 1. The van der Waals surface area contributed by atoms with Gasteiger partial charge in [0, 0.05) is 0 Å². The summed E-state index contributed by atoms with van der Waals surface area (Å²) < 4.78 is 4.96. The van der Waals surface area contributed by atoms with E-state index in [0.29, 0.717) is 34.3 Å². The van der Waals surface area contributed by atoms with E-state index in [9.17, 15) is 19.2 Å². The van der Waals surface area contributed by atoms with Gasteiger partial charge in [0.1, 0.15) is 10.6 Å². The molecule has 2 fully saturated rings. The average Bonchev–Trinajstić information content (AvgIpc) is 3.02. The molecule has 1 spiro atoms. The summed E-state index contributed by atoms with van der Waals surface area (Å²) in [5.41, 5.74) is 2.75. The highest BCUT2D eigenvalue weighted by atomic mass is 32.2. The molecule has 2 heterocycles. The highest BCUT2D eigenvalue weighted by Crippen LogP contribution is 2.35. The summed E-state index contributed by atoms with van der Waals surface area (Å²) in [6.45, 7) is 1.50. The lowest BCUT2D eigenvalue weighted by Gasteiger charge is -2.33. The van der Waals surface area contributed by atoms with Crippen LogP contribution < -0.4 is 10.7 Å². The number of para-hydroxylation sites is 2. The molecule has 168 valence electrons. The van der Waals surface area contributed by atoms with Crippen LogP contribution in [0.1, 0.15) is 32.6 Å². The van der Waals surface area contributed by atoms with E-state index >= 15 is 0 Å². The molecule has 10 nitrogen and oxygen atoms in total. The number of thioether (sulfide) groups is 1. The Balaban J connectivity index is 1.24. The zero-order valence-corrected chi connectivity index (χ0v) is 18.3. The molecule has 4 rings (SSSR count). The average molecular weight is 458 g/mol. The number of aromatic nitrogens is 2. The molecule has 11 heteroatoms. The van der Waals surface area contributed by atoms with Crippen LogP contribution in [0.2, 0.25) is 0 Å². The summed E-state index contributed by atoms with van der Waals surface area (Å²) in [6.07, 6.45) is 4.28. The Bertz CT molecular complexity index is 1070.